The molecule has 1 unspecified atom stereocenters. The van der Waals surface area contributed by atoms with Crippen molar-refractivity contribution in [2.45, 2.75) is 26.3 Å². The summed E-state index contributed by atoms with van der Waals surface area (Å²) >= 11 is 6.23. The van der Waals surface area contributed by atoms with Crippen LogP contribution in [0.2, 0.25) is 5.02 Å². The Kier molecular flexibility index (Phi) is 7.43. The van der Waals surface area contributed by atoms with Crippen LogP contribution in [0.25, 0.3) is 0 Å². The lowest BCUT2D eigenvalue weighted by molar-refractivity contribution is -0.149. The molecule has 2 N–H and O–H groups in total. The summed E-state index contributed by atoms with van der Waals surface area (Å²) in [6.07, 6.45) is 0. The summed E-state index contributed by atoms with van der Waals surface area (Å²) < 4.78 is 10.6. The predicted octanol–water partition coefficient (Wildman–Crippen LogP) is 3.50. The average Bonchev–Trinajstić information content (AvgIpc) is 2.67. The molecule has 0 saturated carbocycles. The van der Waals surface area contributed by atoms with E-state index in [1.165, 1.54) is 7.11 Å². The molecule has 6 nitrogen and oxygen atoms in total. The first-order chi connectivity index (χ1) is 13.2. The molecule has 2 aromatic rings. The Morgan fingerprint density at radius 2 is 1.82 bits per heavy atom. The van der Waals surface area contributed by atoms with Crippen molar-refractivity contribution in [2.75, 3.05) is 25.6 Å². The van der Waals surface area contributed by atoms with Gasteiger partial charge in [0.1, 0.15) is 17.9 Å². The van der Waals surface area contributed by atoms with Crippen molar-refractivity contribution in [3.63, 3.8) is 0 Å². The summed E-state index contributed by atoms with van der Waals surface area (Å²) in [6, 6.07) is 12.8. The molecule has 2 rings (SSSR count). The Bertz CT molecular complexity index is 819. The Hall–Kier alpha value is -2.57. The first-order valence-corrected chi connectivity index (χ1v) is 9.21. The van der Waals surface area contributed by atoms with E-state index in [2.05, 4.69) is 10.6 Å². The first-order valence-electron chi connectivity index (χ1n) is 8.83. The Morgan fingerprint density at radius 1 is 1.14 bits per heavy atom. The molecular weight excluding hydrogens is 380 g/mol. The molecule has 0 aromatic heterocycles. The lowest BCUT2D eigenvalue weighted by Gasteiger charge is -2.27. The van der Waals surface area contributed by atoms with Crippen molar-refractivity contribution in [1.29, 1.82) is 0 Å². The van der Waals surface area contributed by atoms with Crippen molar-refractivity contribution in [1.82, 2.24) is 5.32 Å². The highest BCUT2D eigenvalue weighted by molar-refractivity contribution is 6.34. The number of carbonyl (C=O) groups is 2. The van der Waals surface area contributed by atoms with Gasteiger partial charge in [0.15, 0.2) is 0 Å². The SMILES string of the molecule is COC(=O)C(C)(COc1ccccc1)NCC(=O)Nc1c(C)cc(C)cc1Cl. The van der Waals surface area contributed by atoms with E-state index in [0.29, 0.717) is 16.5 Å². The number of amides is 1. The Morgan fingerprint density at radius 3 is 2.43 bits per heavy atom. The number of anilines is 1. The molecule has 0 radical (unpaired) electrons. The van der Waals surface area contributed by atoms with E-state index in [9.17, 15) is 9.59 Å². The maximum absolute atomic E-state index is 12.4. The van der Waals surface area contributed by atoms with Crippen LogP contribution in [0.3, 0.4) is 0 Å². The largest absolute Gasteiger partial charge is 0.491 e. The molecular formula is C21H25ClN2O4. The number of halogens is 1. The summed E-state index contributed by atoms with van der Waals surface area (Å²) in [7, 11) is 1.29. The molecule has 0 fully saturated rings. The highest BCUT2D eigenvalue weighted by atomic mass is 35.5. The number of hydrogen-bond acceptors (Lipinski definition) is 5. The minimum absolute atomic E-state index is 0.00127. The zero-order valence-corrected chi connectivity index (χ0v) is 17.2. The molecule has 150 valence electrons. The van der Waals surface area contributed by atoms with Gasteiger partial charge in [-0.2, -0.15) is 0 Å². The number of methoxy groups -OCH3 is 1. The Labute approximate surface area is 170 Å². The summed E-state index contributed by atoms with van der Waals surface area (Å²) in [4.78, 5) is 24.7. The van der Waals surface area contributed by atoms with Gasteiger partial charge in [-0.05, 0) is 50.1 Å². The zero-order chi connectivity index (χ0) is 20.7. The van der Waals surface area contributed by atoms with Gasteiger partial charge < -0.3 is 14.8 Å². The molecule has 0 bridgehead atoms. The van der Waals surface area contributed by atoms with Crippen molar-refractivity contribution >= 4 is 29.2 Å². The van der Waals surface area contributed by atoms with Crippen LogP contribution >= 0.6 is 11.6 Å². The molecule has 28 heavy (non-hydrogen) atoms. The fourth-order valence-electron chi connectivity index (χ4n) is 2.68. The van der Waals surface area contributed by atoms with Crippen LogP contribution in [0.4, 0.5) is 5.69 Å². The van der Waals surface area contributed by atoms with Crippen LogP contribution in [-0.4, -0.2) is 37.7 Å². The summed E-state index contributed by atoms with van der Waals surface area (Å²) in [5, 5.41) is 6.18. The second-order valence-corrected chi connectivity index (χ2v) is 7.17. The number of rotatable bonds is 8. The highest BCUT2D eigenvalue weighted by Gasteiger charge is 2.35. The lowest BCUT2D eigenvalue weighted by atomic mass is 10.0. The van der Waals surface area contributed by atoms with Gasteiger partial charge in [-0.1, -0.05) is 35.9 Å². The van der Waals surface area contributed by atoms with Crippen LogP contribution in [0, 0.1) is 13.8 Å². The quantitative estimate of drug-likeness (QED) is 0.658. The van der Waals surface area contributed by atoms with Gasteiger partial charge in [0, 0.05) is 0 Å². The smallest absolute Gasteiger partial charge is 0.329 e. The highest BCUT2D eigenvalue weighted by Crippen LogP contribution is 2.27. The number of hydrogen-bond donors (Lipinski definition) is 2. The fraction of sp³-hybridized carbons (Fsp3) is 0.333. The molecule has 7 heteroatoms. The van der Waals surface area contributed by atoms with Crippen molar-refractivity contribution in [2.24, 2.45) is 0 Å². The molecule has 0 aliphatic carbocycles. The van der Waals surface area contributed by atoms with Crippen molar-refractivity contribution in [3.8, 4) is 5.75 Å². The number of aryl methyl sites for hydroxylation is 2. The van der Waals surface area contributed by atoms with Crippen molar-refractivity contribution < 1.29 is 19.1 Å². The van der Waals surface area contributed by atoms with Crippen LogP contribution in [0.1, 0.15) is 18.1 Å². The van der Waals surface area contributed by atoms with Gasteiger partial charge in [0.2, 0.25) is 5.91 Å². The van der Waals surface area contributed by atoms with Gasteiger partial charge in [-0.3, -0.25) is 10.1 Å². The summed E-state index contributed by atoms with van der Waals surface area (Å²) in [5.74, 6) is -0.240. The molecule has 2 aromatic carbocycles. The second-order valence-electron chi connectivity index (χ2n) is 6.77. The fourth-order valence-corrected chi connectivity index (χ4v) is 3.05. The number of esters is 1. The summed E-state index contributed by atoms with van der Waals surface area (Å²) in [5.41, 5.74) is 1.23. The first kappa shape index (κ1) is 21.7. The maximum Gasteiger partial charge on any atom is 0.329 e. The third kappa shape index (κ3) is 5.71. The molecule has 0 saturated heterocycles. The van der Waals surface area contributed by atoms with Gasteiger partial charge in [-0.15, -0.1) is 0 Å². The van der Waals surface area contributed by atoms with Crippen LogP contribution < -0.4 is 15.4 Å². The topological polar surface area (TPSA) is 76.7 Å². The van der Waals surface area contributed by atoms with E-state index in [1.54, 1.807) is 25.1 Å². The number of benzene rings is 2. The minimum atomic E-state index is -1.20. The van der Waals surface area contributed by atoms with E-state index in [1.807, 2.05) is 38.1 Å². The molecule has 0 spiro atoms. The van der Waals surface area contributed by atoms with E-state index in [4.69, 9.17) is 21.1 Å². The molecule has 1 amide bonds. The second kappa shape index (κ2) is 9.57. The number of nitrogens with one attached hydrogen (secondary N) is 2. The minimum Gasteiger partial charge on any atom is -0.491 e. The molecule has 0 aliphatic rings. The van der Waals surface area contributed by atoms with E-state index < -0.39 is 11.5 Å². The van der Waals surface area contributed by atoms with Gasteiger partial charge >= 0.3 is 5.97 Å². The number of ether oxygens (including phenoxy) is 2. The molecule has 1 atom stereocenters. The molecule has 0 heterocycles. The van der Waals surface area contributed by atoms with E-state index in [-0.39, 0.29) is 19.1 Å². The van der Waals surface area contributed by atoms with Gasteiger partial charge in [-0.25, -0.2) is 4.79 Å². The number of para-hydroxylation sites is 1. The van der Waals surface area contributed by atoms with Crippen LogP contribution in [0.15, 0.2) is 42.5 Å². The Balaban J connectivity index is 2.02. The van der Waals surface area contributed by atoms with Crippen molar-refractivity contribution in [3.05, 3.63) is 58.6 Å². The predicted molar refractivity (Wildman–Crippen MR) is 110 cm³/mol. The standard InChI is InChI=1S/C21H25ClN2O4/c1-14-10-15(2)19(17(22)11-14)24-18(25)12-23-21(3,20(26)27-4)13-28-16-8-6-5-7-9-16/h5-11,23H,12-13H2,1-4H3,(H,24,25). The van der Waals surface area contributed by atoms with Crippen LogP contribution in [0.5, 0.6) is 5.75 Å². The lowest BCUT2D eigenvalue weighted by Crippen LogP contribution is -2.56. The van der Waals surface area contributed by atoms with Gasteiger partial charge in [0.25, 0.3) is 0 Å². The van der Waals surface area contributed by atoms with E-state index >= 15 is 0 Å². The third-order valence-corrected chi connectivity index (χ3v) is 4.54. The molecule has 0 aliphatic heterocycles. The van der Waals surface area contributed by atoms with E-state index in [0.717, 1.165) is 11.1 Å². The normalized spacial score (nSPS) is 12.8. The summed E-state index contributed by atoms with van der Waals surface area (Å²) in [6.45, 7) is 5.31. The zero-order valence-electron chi connectivity index (χ0n) is 16.5. The maximum atomic E-state index is 12.4. The average molecular weight is 405 g/mol. The van der Waals surface area contributed by atoms with Gasteiger partial charge in [0.05, 0.1) is 24.4 Å². The number of carbonyl (C=O) groups excluding carboxylic acids is 2. The monoisotopic (exact) mass is 404 g/mol. The third-order valence-electron chi connectivity index (χ3n) is 4.24. The van der Waals surface area contributed by atoms with Crippen LogP contribution in [-0.2, 0) is 14.3 Å².